The Bertz CT molecular complexity index is 789. The summed E-state index contributed by atoms with van der Waals surface area (Å²) in [5.74, 6) is -0.687. The Morgan fingerprint density at radius 3 is 2.57 bits per heavy atom. The van der Waals surface area contributed by atoms with Gasteiger partial charge in [-0.3, -0.25) is 4.72 Å². The minimum atomic E-state index is -3.99. The van der Waals surface area contributed by atoms with E-state index in [1.54, 1.807) is 6.92 Å². The Labute approximate surface area is 135 Å². The third-order valence-electron chi connectivity index (χ3n) is 2.84. The number of nitrogens with two attached hydrogens (primary N) is 1. The van der Waals surface area contributed by atoms with Gasteiger partial charge in [-0.05, 0) is 42.8 Å². The topological polar surface area (TPSA) is 72.2 Å². The molecule has 0 aromatic heterocycles. The second kappa shape index (κ2) is 5.82. The molecule has 0 aliphatic heterocycles. The fourth-order valence-corrected chi connectivity index (χ4v) is 3.38. The van der Waals surface area contributed by atoms with E-state index in [2.05, 4.69) is 20.7 Å². The lowest BCUT2D eigenvalue weighted by Crippen LogP contribution is -2.14. The molecule has 2 aromatic carbocycles. The van der Waals surface area contributed by atoms with Crippen molar-refractivity contribution < 1.29 is 12.8 Å². The van der Waals surface area contributed by atoms with E-state index < -0.39 is 15.8 Å². The molecular formula is C13H11BrClFN2O2S. The number of rotatable bonds is 3. The molecule has 3 N–H and O–H groups in total. The second-order valence-corrected chi connectivity index (χ2v) is 7.35. The standard InChI is InChI=1S/C13H11BrClFN2O2S/c1-7-10(15)5-9(6-12(7)17)21(19,20)18-13-4-8(14)2-3-11(13)16/h2-6,18H,17H2,1H3. The van der Waals surface area contributed by atoms with E-state index in [9.17, 15) is 12.8 Å². The van der Waals surface area contributed by atoms with Crippen molar-refractivity contribution in [2.75, 3.05) is 10.5 Å². The van der Waals surface area contributed by atoms with E-state index in [4.69, 9.17) is 17.3 Å². The largest absolute Gasteiger partial charge is 0.398 e. The molecule has 0 atom stereocenters. The summed E-state index contributed by atoms with van der Waals surface area (Å²) in [6, 6.07) is 6.49. The Hall–Kier alpha value is -1.31. The van der Waals surface area contributed by atoms with Gasteiger partial charge in [0.1, 0.15) is 5.82 Å². The minimum Gasteiger partial charge on any atom is -0.398 e. The molecule has 0 amide bonds. The molecule has 8 heteroatoms. The fraction of sp³-hybridized carbons (Fsp3) is 0.0769. The molecule has 0 bridgehead atoms. The highest BCUT2D eigenvalue weighted by molar-refractivity contribution is 9.10. The molecule has 0 saturated heterocycles. The van der Waals surface area contributed by atoms with Crippen LogP contribution in [0.4, 0.5) is 15.8 Å². The van der Waals surface area contributed by atoms with Crippen LogP contribution in [-0.4, -0.2) is 8.42 Å². The molecule has 0 fully saturated rings. The van der Waals surface area contributed by atoms with Crippen molar-refractivity contribution in [3.63, 3.8) is 0 Å². The zero-order chi connectivity index (χ0) is 15.8. The zero-order valence-electron chi connectivity index (χ0n) is 10.8. The van der Waals surface area contributed by atoms with Gasteiger partial charge in [0.05, 0.1) is 10.6 Å². The smallest absolute Gasteiger partial charge is 0.262 e. The van der Waals surface area contributed by atoms with Crippen LogP contribution in [0, 0.1) is 12.7 Å². The lowest BCUT2D eigenvalue weighted by Gasteiger charge is -2.11. The van der Waals surface area contributed by atoms with Crippen LogP contribution < -0.4 is 10.5 Å². The van der Waals surface area contributed by atoms with Crippen molar-refractivity contribution in [1.29, 1.82) is 0 Å². The van der Waals surface area contributed by atoms with E-state index in [0.717, 1.165) is 6.07 Å². The molecule has 21 heavy (non-hydrogen) atoms. The first-order valence-corrected chi connectivity index (χ1v) is 8.39. The molecule has 4 nitrogen and oxygen atoms in total. The van der Waals surface area contributed by atoms with Crippen LogP contribution in [0.5, 0.6) is 0 Å². The van der Waals surface area contributed by atoms with Gasteiger partial charge < -0.3 is 5.73 Å². The van der Waals surface area contributed by atoms with Gasteiger partial charge >= 0.3 is 0 Å². The van der Waals surface area contributed by atoms with Gasteiger partial charge in [-0.15, -0.1) is 0 Å². The van der Waals surface area contributed by atoms with Crippen molar-refractivity contribution in [1.82, 2.24) is 0 Å². The monoisotopic (exact) mass is 392 g/mol. The first kappa shape index (κ1) is 16.1. The number of hydrogen-bond donors (Lipinski definition) is 2. The number of sulfonamides is 1. The zero-order valence-corrected chi connectivity index (χ0v) is 14.0. The summed E-state index contributed by atoms with van der Waals surface area (Å²) >= 11 is 9.08. The van der Waals surface area contributed by atoms with Gasteiger partial charge in [-0.1, -0.05) is 27.5 Å². The van der Waals surface area contributed by atoms with Crippen LogP contribution in [0.3, 0.4) is 0 Å². The number of halogens is 3. The summed E-state index contributed by atoms with van der Waals surface area (Å²) in [6.45, 7) is 1.68. The van der Waals surface area contributed by atoms with Crippen molar-refractivity contribution in [2.24, 2.45) is 0 Å². The van der Waals surface area contributed by atoms with E-state index in [1.165, 1.54) is 24.3 Å². The predicted octanol–water partition coefficient (Wildman–Crippen LogP) is 3.93. The van der Waals surface area contributed by atoms with Gasteiger partial charge in [-0.25, -0.2) is 12.8 Å². The molecule has 0 spiro atoms. The SMILES string of the molecule is Cc1c(N)cc(S(=O)(=O)Nc2cc(Br)ccc2F)cc1Cl. The van der Waals surface area contributed by atoms with Crippen LogP contribution in [0.1, 0.15) is 5.56 Å². The van der Waals surface area contributed by atoms with Crippen LogP contribution in [-0.2, 0) is 10.0 Å². The van der Waals surface area contributed by atoms with Gasteiger partial charge in [0.25, 0.3) is 10.0 Å². The predicted molar refractivity (Wildman–Crippen MR) is 85.5 cm³/mol. The molecular weight excluding hydrogens is 383 g/mol. The van der Waals surface area contributed by atoms with Crippen LogP contribution in [0.15, 0.2) is 39.7 Å². The third-order valence-corrected chi connectivity index (χ3v) is 5.07. The lowest BCUT2D eigenvalue weighted by molar-refractivity contribution is 0.598. The number of nitrogen functional groups attached to an aromatic ring is 1. The number of hydrogen-bond acceptors (Lipinski definition) is 3. The summed E-state index contributed by atoms with van der Waals surface area (Å²) in [7, 11) is -3.99. The number of nitrogens with one attached hydrogen (secondary N) is 1. The average Bonchev–Trinajstić information content (AvgIpc) is 2.39. The van der Waals surface area contributed by atoms with E-state index >= 15 is 0 Å². The summed E-state index contributed by atoms with van der Waals surface area (Å²) in [5, 5.41) is 0.227. The molecule has 0 aliphatic rings. The van der Waals surface area contributed by atoms with Gasteiger partial charge in [-0.2, -0.15) is 0 Å². The first-order chi connectivity index (χ1) is 9.70. The fourth-order valence-electron chi connectivity index (χ4n) is 1.61. The quantitative estimate of drug-likeness (QED) is 0.776. The summed E-state index contributed by atoms with van der Waals surface area (Å²) in [5.41, 5.74) is 6.38. The Morgan fingerprint density at radius 1 is 1.29 bits per heavy atom. The maximum Gasteiger partial charge on any atom is 0.262 e. The van der Waals surface area contributed by atoms with E-state index in [1.807, 2.05) is 0 Å². The molecule has 112 valence electrons. The van der Waals surface area contributed by atoms with Gasteiger partial charge in [0.15, 0.2) is 0 Å². The third kappa shape index (κ3) is 3.48. The highest BCUT2D eigenvalue weighted by Crippen LogP contribution is 2.28. The normalized spacial score (nSPS) is 11.4. The van der Waals surface area contributed by atoms with Crippen molar-refractivity contribution in [3.8, 4) is 0 Å². The summed E-state index contributed by atoms with van der Waals surface area (Å²) < 4.78 is 40.9. The summed E-state index contributed by atoms with van der Waals surface area (Å²) in [6.07, 6.45) is 0. The van der Waals surface area contributed by atoms with E-state index in [0.29, 0.717) is 10.0 Å². The molecule has 2 rings (SSSR count). The van der Waals surface area contributed by atoms with Crippen LogP contribution in [0.25, 0.3) is 0 Å². The highest BCUT2D eigenvalue weighted by atomic mass is 79.9. The van der Waals surface area contributed by atoms with Crippen LogP contribution >= 0.6 is 27.5 Å². The Balaban J connectivity index is 2.46. The number of benzene rings is 2. The van der Waals surface area contributed by atoms with Crippen molar-refractivity contribution in [2.45, 2.75) is 11.8 Å². The Morgan fingerprint density at radius 2 is 1.95 bits per heavy atom. The summed E-state index contributed by atoms with van der Waals surface area (Å²) in [4.78, 5) is -0.130. The van der Waals surface area contributed by atoms with Gasteiger partial charge in [0, 0.05) is 15.2 Å². The average molecular weight is 394 g/mol. The Kier molecular flexibility index (Phi) is 4.46. The van der Waals surface area contributed by atoms with Crippen molar-refractivity contribution >= 4 is 48.9 Å². The molecule has 0 unspecified atom stereocenters. The first-order valence-electron chi connectivity index (χ1n) is 5.74. The van der Waals surface area contributed by atoms with Crippen LogP contribution in [0.2, 0.25) is 5.02 Å². The molecule has 0 saturated carbocycles. The second-order valence-electron chi connectivity index (χ2n) is 4.35. The molecule has 0 radical (unpaired) electrons. The maximum atomic E-state index is 13.6. The highest BCUT2D eigenvalue weighted by Gasteiger charge is 2.19. The lowest BCUT2D eigenvalue weighted by atomic mass is 10.2. The molecule has 0 aliphatic carbocycles. The van der Waals surface area contributed by atoms with Crippen molar-refractivity contribution in [3.05, 3.63) is 51.2 Å². The van der Waals surface area contributed by atoms with Gasteiger partial charge in [0.2, 0.25) is 0 Å². The minimum absolute atomic E-state index is 0.130. The number of anilines is 2. The molecule has 2 aromatic rings. The molecule has 0 heterocycles. The maximum absolute atomic E-state index is 13.6. The van der Waals surface area contributed by atoms with E-state index in [-0.39, 0.29) is 21.3 Å².